The number of aryl methyl sites for hydroxylation is 1. The van der Waals surface area contributed by atoms with Crippen molar-refractivity contribution in [3.63, 3.8) is 0 Å². The lowest BCUT2D eigenvalue weighted by Crippen LogP contribution is -3.08. The summed E-state index contributed by atoms with van der Waals surface area (Å²) in [5.74, 6) is -0.149. The molecule has 0 heterocycles. The Morgan fingerprint density at radius 2 is 1.78 bits per heavy atom. The van der Waals surface area contributed by atoms with Gasteiger partial charge in [-0.3, -0.25) is 4.79 Å². The number of benzene rings is 2. The van der Waals surface area contributed by atoms with Gasteiger partial charge < -0.3 is 10.2 Å². The number of hydrogen-bond acceptors (Lipinski definition) is 1. The van der Waals surface area contributed by atoms with Crippen LogP contribution in [0.5, 0.6) is 0 Å². The molecule has 2 aromatic carbocycles. The fourth-order valence-electron chi connectivity index (χ4n) is 2.26. The molecule has 122 valence electrons. The van der Waals surface area contributed by atoms with Gasteiger partial charge in [0.25, 0.3) is 5.91 Å². The van der Waals surface area contributed by atoms with Crippen LogP contribution in [0.15, 0.2) is 36.4 Å². The first kappa shape index (κ1) is 18.1. The van der Waals surface area contributed by atoms with E-state index in [9.17, 15) is 4.79 Å². The average molecular weight is 373 g/mol. The number of carbonyl (C=O) groups is 1. The molecule has 0 radical (unpaired) electrons. The maximum Gasteiger partial charge on any atom is 0.279 e. The number of quaternary nitrogens is 1. The van der Waals surface area contributed by atoms with E-state index in [2.05, 4.69) is 5.32 Å². The highest BCUT2D eigenvalue weighted by Gasteiger charge is 2.16. The van der Waals surface area contributed by atoms with Gasteiger partial charge in [-0.1, -0.05) is 59.1 Å². The molecular weight excluding hydrogens is 355 g/mol. The van der Waals surface area contributed by atoms with Crippen LogP contribution in [-0.4, -0.2) is 19.5 Å². The highest BCUT2D eigenvalue weighted by molar-refractivity contribution is 6.40. The lowest BCUT2D eigenvalue weighted by molar-refractivity contribution is -0.885. The molecule has 1 amide bonds. The summed E-state index contributed by atoms with van der Waals surface area (Å²) in [5.41, 5.74) is 2.33. The smallest absolute Gasteiger partial charge is 0.279 e. The van der Waals surface area contributed by atoms with E-state index in [0.29, 0.717) is 27.3 Å². The average Bonchev–Trinajstić information content (AvgIpc) is 2.50. The summed E-state index contributed by atoms with van der Waals surface area (Å²) >= 11 is 18.5. The molecule has 2 aromatic rings. The van der Waals surface area contributed by atoms with Crippen molar-refractivity contribution in [2.75, 3.05) is 18.9 Å². The van der Waals surface area contributed by atoms with Crippen LogP contribution in [0.2, 0.25) is 15.1 Å². The molecule has 0 fully saturated rings. The molecule has 23 heavy (non-hydrogen) atoms. The van der Waals surface area contributed by atoms with Crippen LogP contribution >= 0.6 is 34.8 Å². The predicted molar refractivity (Wildman–Crippen MR) is 96.7 cm³/mol. The second-order valence-corrected chi connectivity index (χ2v) is 6.70. The van der Waals surface area contributed by atoms with Gasteiger partial charge in [0.1, 0.15) is 6.54 Å². The molecule has 0 aliphatic carbocycles. The van der Waals surface area contributed by atoms with Crippen LogP contribution in [0.4, 0.5) is 5.69 Å². The van der Waals surface area contributed by atoms with E-state index < -0.39 is 0 Å². The summed E-state index contributed by atoms with van der Waals surface area (Å²) in [6.07, 6.45) is 0. The molecule has 3 nitrogen and oxygen atoms in total. The largest absolute Gasteiger partial charge is 0.326 e. The zero-order valence-corrected chi connectivity index (χ0v) is 15.2. The Bertz CT molecular complexity index is 719. The first-order valence-electron chi connectivity index (χ1n) is 7.17. The first-order chi connectivity index (χ1) is 10.9. The van der Waals surface area contributed by atoms with Gasteiger partial charge in [-0.15, -0.1) is 0 Å². The van der Waals surface area contributed by atoms with Crippen LogP contribution in [0, 0.1) is 6.92 Å². The minimum Gasteiger partial charge on any atom is -0.326 e. The fourth-order valence-corrected chi connectivity index (χ4v) is 2.93. The van der Waals surface area contributed by atoms with Crippen molar-refractivity contribution in [2.24, 2.45) is 0 Å². The Kier molecular flexibility index (Phi) is 6.31. The lowest BCUT2D eigenvalue weighted by Gasteiger charge is -2.16. The Morgan fingerprint density at radius 3 is 2.48 bits per heavy atom. The zero-order valence-electron chi connectivity index (χ0n) is 12.9. The molecule has 2 rings (SSSR count). The minimum atomic E-state index is -0.149. The molecule has 0 aromatic heterocycles. The monoisotopic (exact) mass is 371 g/mol. The third-order valence-corrected chi connectivity index (χ3v) is 4.63. The van der Waals surface area contributed by atoms with Crippen molar-refractivity contribution in [3.05, 3.63) is 62.6 Å². The van der Waals surface area contributed by atoms with Gasteiger partial charge in [-0.25, -0.2) is 0 Å². The lowest BCUT2D eigenvalue weighted by atomic mass is 10.2. The second-order valence-electron chi connectivity index (χ2n) is 5.50. The van der Waals surface area contributed by atoms with Crippen molar-refractivity contribution in [1.29, 1.82) is 0 Å². The molecule has 0 saturated carbocycles. The van der Waals surface area contributed by atoms with Crippen molar-refractivity contribution < 1.29 is 9.69 Å². The first-order valence-corrected chi connectivity index (χ1v) is 8.31. The van der Waals surface area contributed by atoms with Gasteiger partial charge in [0.2, 0.25) is 0 Å². The third-order valence-electron chi connectivity index (χ3n) is 3.46. The maximum absolute atomic E-state index is 12.2. The number of anilines is 1. The number of nitrogens with one attached hydrogen (secondary N) is 2. The summed E-state index contributed by atoms with van der Waals surface area (Å²) in [7, 11) is 1.93. The van der Waals surface area contributed by atoms with E-state index in [4.69, 9.17) is 34.8 Å². The summed E-state index contributed by atoms with van der Waals surface area (Å²) in [6, 6.07) is 11.2. The number of amides is 1. The van der Waals surface area contributed by atoms with E-state index in [1.54, 1.807) is 6.07 Å². The van der Waals surface area contributed by atoms with Gasteiger partial charge in [0, 0.05) is 10.6 Å². The number of rotatable bonds is 5. The van der Waals surface area contributed by atoms with Crippen LogP contribution in [-0.2, 0) is 11.3 Å². The van der Waals surface area contributed by atoms with E-state index in [1.165, 1.54) is 0 Å². The maximum atomic E-state index is 12.2. The quantitative estimate of drug-likeness (QED) is 0.826. The highest BCUT2D eigenvalue weighted by Crippen LogP contribution is 2.32. The minimum absolute atomic E-state index is 0.149. The van der Waals surface area contributed by atoms with Crippen molar-refractivity contribution in [2.45, 2.75) is 13.5 Å². The topological polar surface area (TPSA) is 33.5 Å². The SMILES string of the molecule is Cc1ccc(Cl)c(NC(=O)C[NH+](C)Cc2ccccc2Cl)c1Cl. The van der Waals surface area contributed by atoms with Gasteiger partial charge in [-0.2, -0.15) is 0 Å². The van der Waals surface area contributed by atoms with Crippen molar-refractivity contribution >= 4 is 46.4 Å². The Balaban J connectivity index is 2.00. The van der Waals surface area contributed by atoms with Gasteiger partial charge >= 0.3 is 0 Å². The molecule has 6 heteroatoms. The summed E-state index contributed by atoms with van der Waals surface area (Å²) < 4.78 is 0. The number of hydrogen-bond donors (Lipinski definition) is 2. The van der Waals surface area contributed by atoms with Gasteiger partial charge in [0.05, 0.1) is 22.8 Å². The van der Waals surface area contributed by atoms with Gasteiger partial charge in [-0.05, 0) is 24.6 Å². The summed E-state index contributed by atoms with van der Waals surface area (Å²) in [5, 5.41) is 4.40. The molecule has 1 unspecified atom stereocenters. The van der Waals surface area contributed by atoms with Crippen molar-refractivity contribution in [3.8, 4) is 0 Å². The van der Waals surface area contributed by atoms with Crippen molar-refractivity contribution in [1.82, 2.24) is 0 Å². The highest BCUT2D eigenvalue weighted by atomic mass is 35.5. The summed E-state index contributed by atoms with van der Waals surface area (Å²) in [4.78, 5) is 13.2. The number of likely N-dealkylation sites (N-methyl/N-ethyl adjacent to an activating group) is 1. The molecule has 0 aliphatic rings. The Hall–Kier alpha value is -1.26. The van der Waals surface area contributed by atoms with Crippen LogP contribution in [0.25, 0.3) is 0 Å². The van der Waals surface area contributed by atoms with E-state index >= 15 is 0 Å². The van der Waals surface area contributed by atoms with Crippen LogP contribution in [0.3, 0.4) is 0 Å². The molecular formula is C17H18Cl3N2O+. The van der Waals surface area contributed by atoms with Gasteiger partial charge in [0.15, 0.2) is 6.54 Å². The molecule has 2 N–H and O–H groups in total. The predicted octanol–water partition coefficient (Wildman–Crippen LogP) is 3.61. The third kappa shape index (κ3) is 4.85. The van der Waals surface area contributed by atoms with E-state index in [0.717, 1.165) is 16.0 Å². The molecule has 0 spiro atoms. The van der Waals surface area contributed by atoms with Crippen LogP contribution < -0.4 is 10.2 Å². The zero-order chi connectivity index (χ0) is 17.0. The molecule has 1 atom stereocenters. The molecule has 0 saturated heterocycles. The van der Waals surface area contributed by atoms with E-state index in [1.807, 2.05) is 44.3 Å². The standard InChI is InChI=1S/C17H17Cl3N2O/c1-11-7-8-14(19)17(16(11)20)21-15(23)10-22(2)9-12-5-3-4-6-13(12)18/h3-8H,9-10H2,1-2H3,(H,21,23)/p+1. The fraction of sp³-hybridized carbons (Fsp3) is 0.235. The number of halogens is 3. The Labute approximate surface area is 151 Å². The molecule has 0 aliphatic heterocycles. The molecule has 0 bridgehead atoms. The van der Waals surface area contributed by atoms with Crippen LogP contribution in [0.1, 0.15) is 11.1 Å². The summed E-state index contributed by atoms with van der Waals surface area (Å²) in [6.45, 7) is 2.80. The number of carbonyl (C=O) groups excluding carboxylic acids is 1. The normalized spacial score (nSPS) is 12.0. The Morgan fingerprint density at radius 1 is 1.09 bits per heavy atom. The second kappa shape index (κ2) is 8.02. The van der Waals surface area contributed by atoms with E-state index in [-0.39, 0.29) is 12.5 Å².